The smallest absolute Gasteiger partial charge is 0.243 e. The first-order chi connectivity index (χ1) is 19.0. The molecule has 214 valence electrons. The summed E-state index contributed by atoms with van der Waals surface area (Å²) in [5.74, 6) is -2.99. The predicted octanol–water partition coefficient (Wildman–Crippen LogP) is 4.94. The second-order valence-corrected chi connectivity index (χ2v) is 11.6. The van der Waals surface area contributed by atoms with Crippen LogP contribution in [0.5, 0.6) is 0 Å². The fourth-order valence-corrected chi connectivity index (χ4v) is 5.45. The Labute approximate surface area is 238 Å². The summed E-state index contributed by atoms with van der Waals surface area (Å²) in [5, 5.41) is 3.25. The molecule has 3 aromatic carbocycles. The van der Waals surface area contributed by atoms with Crippen LogP contribution >= 0.6 is 11.6 Å². The second-order valence-electron chi connectivity index (χ2n) is 9.25. The van der Waals surface area contributed by atoms with Gasteiger partial charge in [-0.05, 0) is 42.7 Å². The Kier molecular flexibility index (Phi) is 11.0. The number of halogens is 3. The Hall–Kier alpha value is -3.50. The summed E-state index contributed by atoms with van der Waals surface area (Å²) >= 11 is 6.40. The van der Waals surface area contributed by atoms with Crippen molar-refractivity contribution in [3.8, 4) is 0 Å². The number of rotatable bonds is 13. The van der Waals surface area contributed by atoms with Crippen molar-refractivity contribution in [1.82, 2.24) is 10.2 Å². The van der Waals surface area contributed by atoms with E-state index in [9.17, 15) is 26.8 Å². The largest absolute Gasteiger partial charge is 0.355 e. The highest BCUT2D eigenvalue weighted by Crippen LogP contribution is 2.23. The molecule has 1 unspecified atom stereocenters. The van der Waals surface area contributed by atoms with Crippen LogP contribution in [0.2, 0.25) is 5.02 Å². The van der Waals surface area contributed by atoms with E-state index in [4.69, 9.17) is 11.6 Å². The molecule has 11 heteroatoms. The lowest BCUT2D eigenvalue weighted by Gasteiger charge is -2.32. The molecule has 0 fully saturated rings. The lowest BCUT2D eigenvalue weighted by atomic mass is 10.0. The number of nitrogens with one attached hydrogen (secondary N) is 1. The van der Waals surface area contributed by atoms with Crippen molar-refractivity contribution in [1.29, 1.82) is 0 Å². The Morgan fingerprint density at radius 1 is 0.975 bits per heavy atom. The molecule has 7 nitrogen and oxygen atoms in total. The van der Waals surface area contributed by atoms with Crippen LogP contribution in [0.25, 0.3) is 0 Å². The molecular formula is C29H32ClF2N3O4S. The predicted molar refractivity (Wildman–Crippen MR) is 152 cm³/mol. The van der Waals surface area contributed by atoms with Crippen molar-refractivity contribution in [3.63, 3.8) is 0 Å². The van der Waals surface area contributed by atoms with Gasteiger partial charge in [-0.3, -0.25) is 13.9 Å². The third-order valence-corrected chi connectivity index (χ3v) is 7.83. The number of benzene rings is 3. The second kappa shape index (κ2) is 14.2. The van der Waals surface area contributed by atoms with Crippen LogP contribution < -0.4 is 9.62 Å². The standard InChI is InChI=1S/C29H32ClF2N3O4S/c1-3-33-29(37)27(18-21-10-5-4-6-11-21)34(20-22-12-7-8-13-24(22)30)28(36)14-9-17-35(40(2,38)39)23-15-16-25(31)26(32)19-23/h4-8,10-13,15-16,19,27H,3,9,14,17-18,20H2,1-2H3,(H,33,37). The molecule has 0 aliphatic rings. The van der Waals surface area contributed by atoms with E-state index >= 15 is 0 Å². The molecule has 0 aliphatic heterocycles. The van der Waals surface area contributed by atoms with Gasteiger partial charge < -0.3 is 10.2 Å². The summed E-state index contributed by atoms with van der Waals surface area (Å²) in [5.41, 5.74) is 1.46. The summed E-state index contributed by atoms with van der Waals surface area (Å²) in [6, 6.07) is 18.3. The molecule has 0 heterocycles. The maximum atomic E-state index is 13.8. The minimum atomic E-state index is -3.86. The van der Waals surface area contributed by atoms with Gasteiger partial charge in [-0.25, -0.2) is 17.2 Å². The third kappa shape index (κ3) is 8.50. The van der Waals surface area contributed by atoms with E-state index in [0.29, 0.717) is 17.1 Å². The van der Waals surface area contributed by atoms with Crippen LogP contribution in [0.1, 0.15) is 30.9 Å². The van der Waals surface area contributed by atoms with Crippen molar-refractivity contribution < 1.29 is 26.8 Å². The summed E-state index contributed by atoms with van der Waals surface area (Å²) in [7, 11) is -3.86. The fourth-order valence-electron chi connectivity index (χ4n) is 4.30. The SMILES string of the molecule is CCNC(=O)C(Cc1ccccc1)N(Cc1ccccc1Cl)C(=O)CCCN(c1ccc(F)c(F)c1)S(C)(=O)=O. The summed E-state index contributed by atoms with van der Waals surface area (Å²) in [4.78, 5) is 28.4. The van der Waals surface area contributed by atoms with Crippen molar-refractivity contribution in [3.05, 3.63) is 101 Å². The summed E-state index contributed by atoms with van der Waals surface area (Å²) in [6.45, 7) is 2.07. The number of anilines is 1. The van der Waals surface area contributed by atoms with E-state index in [0.717, 1.165) is 34.3 Å². The normalized spacial score (nSPS) is 12.0. The van der Waals surface area contributed by atoms with Crippen molar-refractivity contribution >= 4 is 39.1 Å². The van der Waals surface area contributed by atoms with Crippen LogP contribution in [-0.2, 0) is 32.6 Å². The number of hydrogen-bond acceptors (Lipinski definition) is 4. The summed E-state index contributed by atoms with van der Waals surface area (Å²) < 4.78 is 53.0. The number of carbonyl (C=O) groups excluding carboxylic acids is 2. The lowest BCUT2D eigenvalue weighted by Crippen LogP contribution is -2.50. The highest BCUT2D eigenvalue weighted by atomic mass is 35.5. The van der Waals surface area contributed by atoms with Crippen molar-refractivity contribution in [2.75, 3.05) is 23.7 Å². The Morgan fingerprint density at radius 2 is 1.65 bits per heavy atom. The molecule has 40 heavy (non-hydrogen) atoms. The lowest BCUT2D eigenvalue weighted by molar-refractivity contribution is -0.141. The minimum absolute atomic E-state index is 0.0500. The molecule has 0 saturated heterocycles. The van der Waals surface area contributed by atoms with Gasteiger partial charge in [0, 0.05) is 43.6 Å². The van der Waals surface area contributed by atoms with Gasteiger partial charge >= 0.3 is 0 Å². The van der Waals surface area contributed by atoms with Gasteiger partial charge in [0.1, 0.15) is 6.04 Å². The van der Waals surface area contributed by atoms with E-state index < -0.39 is 27.7 Å². The van der Waals surface area contributed by atoms with Gasteiger partial charge in [0.05, 0.1) is 11.9 Å². The number of hydrogen-bond donors (Lipinski definition) is 1. The quantitative estimate of drug-likeness (QED) is 0.305. The van der Waals surface area contributed by atoms with Gasteiger partial charge in [-0.1, -0.05) is 60.1 Å². The van der Waals surface area contributed by atoms with Gasteiger partial charge in [-0.2, -0.15) is 0 Å². The van der Waals surface area contributed by atoms with Crippen molar-refractivity contribution in [2.24, 2.45) is 0 Å². The van der Waals surface area contributed by atoms with Crippen LogP contribution in [0.15, 0.2) is 72.8 Å². The van der Waals surface area contributed by atoms with E-state index in [-0.39, 0.29) is 49.9 Å². The van der Waals surface area contributed by atoms with Gasteiger partial charge in [0.15, 0.2) is 11.6 Å². The highest BCUT2D eigenvalue weighted by Gasteiger charge is 2.30. The average Bonchev–Trinajstić information content (AvgIpc) is 2.91. The Balaban J connectivity index is 1.87. The maximum Gasteiger partial charge on any atom is 0.243 e. The van der Waals surface area contributed by atoms with Gasteiger partial charge in [0.25, 0.3) is 0 Å². The summed E-state index contributed by atoms with van der Waals surface area (Å²) in [6.07, 6.45) is 1.17. The molecule has 0 spiro atoms. The maximum absolute atomic E-state index is 13.8. The molecule has 0 bridgehead atoms. The number of amides is 2. The monoisotopic (exact) mass is 591 g/mol. The van der Waals surface area contributed by atoms with Gasteiger partial charge in [-0.15, -0.1) is 0 Å². The molecular weight excluding hydrogens is 560 g/mol. The zero-order valence-electron chi connectivity index (χ0n) is 22.3. The van der Waals surface area contributed by atoms with E-state index in [1.807, 2.05) is 30.3 Å². The van der Waals surface area contributed by atoms with Crippen LogP contribution in [-0.4, -0.2) is 50.5 Å². The Morgan fingerprint density at radius 3 is 2.27 bits per heavy atom. The van der Waals surface area contributed by atoms with Crippen LogP contribution in [0.3, 0.4) is 0 Å². The topological polar surface area (TPSA) is 86.8 Å². The molecule has 1 atom stereocenters. The van der Waals surface area contributed by atoms with E-state index in [2.05, 4.69) is 5.32 Å². The van der Waals surface area contributed by atoms with E-state index in [1.165, 1.54) is 4.90 Å². The zero-order valence-corrected chi connectivity index (χ0v) is 23.9. The first kappa shape index (κ1) is 31.0. The van der Waals surface area contributed by atoms with Crippen LogP contribution in [0.4, 0.5) is 14.5 Å². The van der Waals surface area contributed by atoms with E-state index in [1.54, 1.807) is 31.2 Å². The molecule has 3 rings (SSSR count). The number of likely N-dealkylation sites (N-methyl/N-ethyl adjacent to an activating group) is 1. The number of sulfonamides is 1. The highest BCUT2D eigenvalue weighted by molar-refractivity contribution is 7.92. The van der Waals surface area contributed by atoms with Gasteiger partial charge in [0.2, 0.25) is 21.8 Å². The molecule has 0 saturated carbocycles. The third-order valence-electron chi connectivity index (χ3n) is 6.26. The molecule has 2 amide bonds. The molecule has 3 aromatic rings. The first-order valence-electron chi connectivity index (χ1n) is 12.8. The fraction of sp³-hybridized carbons (Fsp3) is 0.310. The molecule has 0 aliphatic carbocycles. The van der Waals surface area contributed by atoms with Crippen molar-refractivity contribution in [2.45, 2.75) is 38.8 Å². The first-order valence-corrected chi connectivity index (χ1v) is 15.0. The molecule has 1 N–H and O–H groups in total. The number of nitrogens with zero attached hydrogens (tertiary/aromatic N) is 2. The zero-order chi connectivity index (χ0) is 29.3. The minimum Gasteiger partial charge on any atom is -0.355 e. The Bertz CT molecular complexity index is 1420. The molecule has 0 aromatic heterocycles. The molecule has 0 radical (unpaired) electrons. The average molecular weight is 592 g/mol. The van der Waals surface area contributed by atoms with Crippen LogP contribution in [0, 0.1) is 11.6 Å². The number of carbonyl (C=O) groups is 2.